The number of nitrogens with one attached hydrogen (secondary N) is 3. The molecule has 3 rings (SSSR count). The number of aryl methyl sites for hydroxylation is 1. The molecule has 4 amide bonds. The number of benzene rings is 1. The van der Waals surface area contributed by atoms with Gasteiger partial charge in [0.15, 0.2) is 0 Å². The third kappa shape index (κ3) is 8.17. The van der Waals surface area contributed by atoms with Crippen molar-refractivity contribution in [2.24, 2.45) is 5.41 Å². The second-order valence-corrected chi connectivity index (χ2v) is 12.6. The molecular formula is C29H45N5O5. The maximum atomic E-state index is 13.9. The fourth-order valence-corrected chi connectivity index (χ4v) is 5.02. The third-order valence-electron chi connectivity index (χ3n) is 7.02. The molecule has 3 atom stereocenters. The predicted octanol–water partition coefficient (Wildman–Crippen LogP) is 2.38. The van der Waals surface area contributed by atoms with Crippen LogP contribution in [0.25, 0.3) is 0 Å². The summed E-state index contributed by atoms with van der Waals surface area (Å²) in [6, 6.07) is 6.47. The van der Waals surface area contributed by atoms with Crippen molar-refractivity contribution < 1.29 is 23.9 Å². The van der Waals surface area contributed by atoms with Crippen LogP contribution in [-0.4, -0.2) is 84.5 Å². The number of carbonyl (C=O) groups excluding carboxylic acids is 4. The monoisotopic (exact) mass is 543 g/mol. The number of nitrogens with zero attached hydrogens (tertiary/aromatic N) is 2. The molecule has 216 valence electrons. The van der Waals surface area contributed by atoms with Gasteiger partial charge in [-0.15, -0.1) is 0 Å². The first-order chi connectivity index (χ1) is 18.2. The first kappa shape index (κ1) is 30.4. The van der Waals surface area contributed by atoms with E-state index in [0.29, 0.717) is 19.6 Å². The van der Waals surface area contributed by atoms with E-state index < -0.39 is 35.1 Å². The second kappa shape index (κ2) is 12.4. The van der Waals surface area contributed by atoms with Crippen LogP contribution in [-0.2, 0) is 25.5 Å². The summed E-state index contributed by atoms with van der Waals surface area (Å²) in [6.45, 7) is 11.8. The highest BCUT2D eigenvalue weighted by Crippen LogP contribution is 2.30. The Morgan fingerprint density at radius 2 is 1.82 bits per heavy atom. The van der Waals surface area contributed by atoms with Crippen molar-refractivity contribution in [2.45, 2.75) is 84.5 Å². The molecule has 1 heterocycles. The van der Waals surface area contributed by atoms with E-state index in [1.165, 1.54) is 17.5 Å². The molecule has 1 aliphatic heterocycles. The molecule has 0 bridgehead atoms. The molecule has 1 aromatic rings. The molecular weight excluding hydrogens is 498 g/mol. The zero-order chi connectivity index (χ0) is 29.0. The smallest absolute Gasteiger partial charge is 0.410 e. The lowest BCUT2D eigenvalue weighted by atomic mass is 9.85. The van der Waals surface area contributed by atoms with E-state index in [2.05, 4.69) is 28.1 Å². The van der Waals surface area contributed by atoms with E-state index >= 15 is 0 Å². The van der Waals surface area contributed by atoms with E-state index in [1.54, 1.807) is 25.7 Å². The SMILES string of the molecule is CN(CC(=O)NC(C(=O)N1CCNCC1C(=O)NC1CCCc2ccccc21)C(C)(C)C)C(=O)OC(C)(C)C. The fourth-order valence-electron chi connectivity index (χ4n) is 5.02. The van der Waals surface area contributed by atoms with Crippen LogP contribution in [0.2, 0.25) is 0 Å². The van der Waals surface area contributed by atoms with Crippen molar-refractivity contribution in [3.63, 3.8) is 0 Å². The van der Waals surface area contributed by atoms with Crippen molar-refractivity contribution in [3.05, 3.63) is 35.4 Å². The van der Waals surface area contributed by atoms with E-state index in [-0.39, 0.29) is 24.4 Å². The molecule has 2 aliphatic rings. The molecule has 10 nitrogen and oxygen atoms in total. The van der Waals surface area contributed by atoms with E-state index in [1.807, 2.05) is 32.9 Å². The van der Waals surface area contributed by atoms with E-state index in [9.17, 15) is 19.2 Å². The Bertz CT molecular complexity index is 1060. The standard InChI is InChI=1S/C29H45N5O5/c1-28(2,3)24(32-23(35)18-33(7)27(38)39-29(4,5)6)26(37)34-16-15-30-17-22(34)25(36)31-21-14-10-12-19-11-8-9-13-20(19)21/h8-9,11,13,21-22,24,30H,10,12,14-18H2,1-7H3,(H,31,36)(H,32,35). The van der Waals surface area contributed by atoms with Crippen molar-refractivity contribution >= 4 is 23.8 Å². The molecule has 3 unspecified atom stereocenters. The summed E-state index contributed by atoms with van der Waals surface area (Å²) in [4.78, 5) is 55.4. The zero-order valence-electron chi connectivity index (χ0n) is 24.4. The molecule has 0 radical (unpaired) electrons. The summed E-state index contributed by atoms with van der Waals surface area (Å²) in [5, 5.41) is 9.24. The van der Waals surface area contributed by atoms with Crippen LogP contribution in [0.5, 0.6) is 0 Å². The van der Waals surface area contributed by atoms with Gasteiger partial charge in [-0.3, -0.25) is 14.4 Å². The van der Waals surface area contributed by atoms with Gasteiger partial charge < -0.3 is 30.5 Å². The fraction of sp³-hybridized carbons (Fsp3) is 0.655. The van der Waals surface area contributed by atoms with Crippen LogP contribution in [0.3, 0.4) is 0 Å². The Morgan fingerprint density at radius 1 is 1.13 bits per heavy atom. The average Bonchev–Trinajstić information content (AvgIpc) is 2.85. The highest BCUT2D eigenvalue weighted by molar-refractivity contribution is 5.93. The molecule has 1 fully saturated rings. The third-order valence-corrected chi connectivity index (χ3v) is 7.02. The lowest BCUT2D eigenvalue weighted by Gasteiger charge is -2.41. The lowest BCUT2D eigenvalue weighted by molar-refractivity contribution is -0.147. The van der Waals surface area contributed by atoms with Crippen LogP contribution >= 0.6 is 0 Å². The number of hydrogen-bond acceptors (Lipinski definition) is 6. The number of fused-ring (bicyclic) bond motifs is 1. The van der Waals surface area contributed by atoms with Gasteiger partial charge in [-0.2, -0.15) is 0 Å². The molecule has 0 saturated carbocycles. The topological polar surface area (TPSA) is 120 Å². The van der Waals surface area contributed by atoms with Gasteiger partial charge in [0.2, 0.25) is 17.7 Å². The molecule has 3 N–H and O–H groups in total. The first-order valence-corrected chi connectivity index (χ1v) is 13.8. The van der Waals surface area contributed by atoms with Gasteiger partial charge >= 0.3 is 6.09 Å². The van der Waals surface area contributed by atoms with Crippen molar-refractivity contribution in [1.82, 2.24) is 25.8 Å². The Hall–Kier alpha value is -3.14. The van der Waals surface area contributed by atoms with Crippen molar-refractivity contribution in [2.75, 3.05) is 33.2 Å². The molecule has 10 heteroatoms. The predicted molar refractivity (Wildman–Crippen MR) is 149 cm³/mol. The molecule has 1 saturated heterocycles. The summed E-state index contributed by atoms with van der Waals surface area (Å²) < 4.78 is 5.32. The quantitative estimate of drug-likeness (QED) is 0.507. The van der Waals surface area contributed by atoms with Gasteiger partial charge in [0.05, 0.1) is 6.04 Å². The van der Waals surface area contributed by atoms with Crippen LogP contribution < -0.4 is 16.0 Å². The number of likely N-dealkylation sites (N-methyl/N-ethyl adjacent to an activating group) is 1. The molecule has 0 spiro atoms. The maximum Gasteiger partial charge on any atom is 0.410 e. The minimum atomic E-state index is -0.888. The normalized spacial score (nSPS) is 20.3. The highest BCUT2D eigenvalue weighted by Gasteiger charge is 2.41. The number of piperazine rings is 1. The first-order valence-electron chi connectivity index (χ1n) is 13.8. The minimum absolute atomic E-state index is 0.0946. The van der Waals surface area contributed by atoms with Gasteiger partial charge in [-0.05, 0) is 56.6 Å². The van der Waals surface area contributed by atoms with Crippen LogP contribution in [0, 0.1) is 5.41 Å². The van der Waals surface area contributed by atoms with Gasteiger partial charge in [-0.25, -0.2) is 4.79 Å². The van der Waals surface area contributed by atoms with Crippen LogP contribution in [0.4, 0.5) is 4.79 Å². The Balaban J connectivity index is 1.71. The summed E-state index contributed by atoms with van der Waals surface area (Å²) in [6.07, 6.45) is 2.21. The van der Waals surface area contributed by atoms with Crippen LogP contribution in [0.1, 0.15) is 71.6 Å². The maximum absolute atomic E-state index is 13.9. The van der Waals surface area contributed by atoms with E-state index in [0.717, 1.165) is 24.8 Å². The molecule has 39 heavy (non-hydrogen) atoms. The highest BCUT2D eigenvalue weighted by atomic mass is 16.6. The van der Waals surface area contributed by atoms with Gasteiger partial charge in [0.1, 0.15) is 24.2 Å². The van der Waals surface area contributed by atoms with Gasteiger partial charge in [-0.1, -0.05) is 45.0 Å². The van der Waals surface area contributed by atoms with Crippen LogP contribution in [0.15, 0.2) is 24.3 Å². The average molecular weight is 544 g/mol. The lowest BCUT2D eigenvalue weighted by Crippen LogP contribution is -2.65. The van der Waals surface area contributed by atoms with Crippen molar-refractivity contribution in [1.29, 1.82) is 0 Å². The number of carbonyl (C=O) groups is 4. The summed E-state index contributed by atoms with van der Waals surface area (Å²) in [5.41, 5.74) is 1.05. The Morgan fingerprint density at radius 3 is 2.49 bits per heavy atom. The van der Waals surface area contributed by atoms with Crippen molar-refractivity contribution in [3.8, 4) is 0 Å². The summed E-state index contributed by atoms with van der Waals surface area (Å²) in [7, 11) is 1.47. The zero-order valence-corrected chi connectivity index (χ0v) is 24.4. The van der Waals surface area contributed by atoms with Gasteiger partial charge in [0.25, 0.3) is 0 Å². The molecule has 1 aromatic carbocycles. The van der Waals surface area contributed by atoms with Gasteiger partial charge in [0, 0.05) is 26.7 Å². The summed E-state index contributed by atoms with van der Waals surface area (Å²) >= 11 is 0. The molecule has 0 aromatic heterocycles. The Kier molecular flexibility index (Phi) is 9.64. The molecule has 1 aliphatic carbocycles. The largest absolute Gasteiger partial charge is 0.444 e. The second-order valence-electron chi connectivity index (χ2n) is 12.6. The van der Waals surface area contributed by atoms with E-state index in [4.69, 9.17) is 4.74 Å². The number of amides is 4. The number of hydrogen-bond donors (Lipinski definition) is 3. The number of rotatable bonds is 6. The minimum Gasteiger partial charge on any atom is -0.444 e. The number of ether oxygens (including phenoxy) is 1. The summed E-state index contributed by atoms with van der Waals surface area (Å²) in [5.74, 6) is -1.01. The Labute approximate surface area is 232 Å².